The Bertz CT molecular complexity index is 360. The van der Waals surface area contributed by atoms with Crippen LogP contribution in [0.15, 0.2) is 0 Å². The maximum atomic E-state index is 12.2. The lowest BCUT2D eigenvalue weighted by Crippen LogP contribution is -2.51. The highest BCUT2D eigenvalue weighted by atomic mass is 16.6. The minimum Gasteiger partial charge on any atom is -0.481 e. The van der Waals surface area contributed by atoms with Crippen LogP contribution in [0.5, 0.6) is 0 Å². The van der Waals surface area contributed by atoms with Gasteiger partial charge in [0.15, 0.2) is 0 Å². The number of ether oxygens (including phenoxy) is 1. The molecule has 0 aromatic heterocycles. The first kappa shape index (κ1) is 13.2. The molecule has 102 valence electrons. The average molecular weight is 255 g/mol. The minimum absolute atomic E-state index is 0.167. The van der Waals surface area contributed by atoms with Gasteiger partial charge in [0, 0.05) is 12.1 Å². The topological polar surface area (TPSA) is 66.8 Å². The number of carbonyl (C=O) groups excluding carboxylic acids is 1. The fourth-order valence-corrected chi connectivity index (χ4v) is 3.04. The highest BCUT2D eigenvalue weighted by Gasteiger charge is 2.48. The Balaban J connectivity index is 2.13. The number of piperidine rings is 1. The van der Waals surface area contributed by atoms with E-state index < -0.39 is 17.5 Å². The van der Waals surface area contributed by atoms with Gasteiger partial charge in [0.25, 0.3) is 0 Å². The van der Waals surface area contributed by atoms with Crippen molar-refractivity contribution >= 4 is 12.1 Å². The summed E-state index contributed by atoms with van der Waals surface area (Å²) in [4.78, 5) is 25.0. The van der Waals surface area contributed by atoms with E-state index in [1.807, 2.05) is 20.8 Å². The summed E-state index contributed by atoms with van der Waals surface area (Å²) in [6.07, 6.45) is 2.76. The summed E-state index contributed by atoms with van der Waals surface area (Å²) in [6, 6.07) is -0.0171. The van der Waals surface area contributed by atoms with E-state index in [1.165, 1.54) is 0 Å². The number of fused-ring (bicyclic) bond motifs is 2. The standard InChI is InChI=1S/C13H21NO4/c1-13(2,3)18-12(17)14-8-4-6-9(11(15)16)10(14)7-5-8/h8-10H,4-7H2,1-3H3,(H,15,16)/t8-,9-,10+/m0/s1. The van der Waals surface area contributed by atoms with Crippen molar-refractivity contribution in [3.63, 3.8) is 0 Å². The van der Waals surface area contributed by atoms with Gasteiger partial charge in [-0.2, -0.15) is 0 Å². The Labute approximate surface area is 107 Å². The molecule has 0 unspecified atom stereocenters. The molecule has 0 aliphatic carbocycles. The molecule has 5 heteroatoms. The van der Waals surface area contributed by atoms with Crippen LogP contribution in [0.1, 0.15) is 46.5 Å². The molecule has 0 radical (unpaired) electrons. The van der Waals surface area contributed by atoms with Gasteiger partial charge >= 0.3 is 12.1 Å². The molecule has 1 amide bonds. The average Bonchev–Trinajstić information content (AvgIpc) is 2.49. The van der Waals surface area contributed by atoms with Crippen molar-refractivity contribution in [2.45, 2.75) is 64.1 Å². The number of aliphatic carboxylic acids is 1. The summed E-state index contributed by atoms with van der Waals surface area (Å²) in [5.74, 6) is -1.23. The van der Waals surface area contributed by atoms with E-state index in [1.54, 1.807) is 4.90 Å². The molecule has 18 heavy (non-hydrogen) atoms. The Hall–Kier alpha value is -1.26. The fourth-order valence-electron chi connectivity index (χ4n) is 3.04. The smallest absolute Gasteiger partial charge is 0.410 e. The summed E-state index contributed by atoms with van der Waals surface area (Å²) in [5, 5.41) is 9.21. The number of carbonyl (C=O) groups is 2. The first-order chi connectivity index (χ1) is 8.29. The maximum Gasteiger partial charge on any atom is 0.410 e. The summed E-state index contributed by atoms with van der Waals surface area (Å²) < 4.78 is 5.38. The Kier molecular flexibility index (Phi) is 3.25. The molecule has 0 saturated carbocycles. The summed E-state index contributed by atoms with van der Waals surface area (Å²) in [6.45, 7) is 5.47. The third-order valence-corrected chi connectivity index (χ3v) is 3.74. The molecule has 0 aromatic carbocycles. The molecular weight excluding hydrogens is 234 g/mol. The summed E-state index contributed by atoms with van der Waals surface area (Å²) in [7, 11) is 0. The van der Waals surface area contributed by atoms with Crippen molar-refractivity contribution < 1.29 is 19.4 Å². The molecule has 2 aliphatic heterocycles. The first-order valence-corrected chi connectivity index (χ1v) is 6.54. The number of rotatable bonds is 1. The second kappa shape index (κ2) is 4.44. The third kappa shape index (κ3) is 2.44. The number of hydrogen-bond acceptors (Lipinski definition) is 3. The first-order valence-electron chi connectivity index (χ1n) is 6.54. The number of nitrogens with zero attached hydrogens (tertiary/aromatic N) is 1. The van der Waals surface area contributed by atoms with Gasteiger partial charge in [-0.25, -0.2) is 4.79 Å². The molecule has 0 spiro atoms. The number of amides is 1. The SMILES string of the molecule is CC(C)(C)OC(=O)N1[C@H]2CC[C@H](C(=O)O)[C@H]1CC2. The largest absolute Gasteiger partial charge is 0.481 e. The van der Waals surface area contributed by atoms with E-state index in [9.17, 15) is 14.7 Å². The second-order valence-corrected chi connectivity index (χ2v) is 6.21. The lowest BCUT2D eigenvalue weighted by Gasteiger charge is -2.38. The molecule has 2 saturated heterocycles. The highest BCUT2D eigenvalue weighted by molar-refractivity contribution is 5.75. The highest BCUT2D eigenvalue weighted by Crippen LogP contribution is 2.40. The van der Waals surface area contributed by atoms with E-state index in [2.05, 4.69) is 0 Å². The lowest BCUT2D eigenvalue weighted by molar-refractivity contribution is -0.145. The van der Waals surface area contributed by atoms with E-state index in [4.69, 9.17) is 4.74 Å². The van der Waals surface area contributed by atoms with Crippen LogP contribution in [0.25, 0.3) is 0 Å². The van der Waals surface area contributed by atoms with Crippen molar-refractivity contribution in [1.29, 1.82) is 0 Å². The van der Waals surface area contributed by atoms with Crippen molar-refractivity contribution in [1.82, 2.24) is 4.90 Å². The fraction of sp³-hybridized carbons (Fsp3) is 0.846. The number of hydrogen-bond donors (Lipinski definition) is 1. The summed E-state index contributed by atoms with van der Waals surface area (Å²) in [5.41, 5.74) is -0.535. The molecule has 0 aromatic rings. The van der Waals surface area contributed by atoms with Crippen LogP contribution in [0.3, 0.4) is 0 Å². The Morgan fingerprint density at radius 2 is 1.78 bits per heavy atom. The van der Waals surface area contributed by atoms with Gasteiger partial charge in [0.1, 0.15) is 5.60 Å². The molecule has 2 rings (SSSR count). The van der Waals surface area contributed by atoms with E-state index >= 15 is 0 Å². The van der Waals surface area contributed by atoms with Crippen LogP contribution in [-0.2, 0) is 9.53 Å². The van der Waals surface area contributed by atoms with E-state index in [-0.39, 0.29) is 18.2 Å². The van der Waals surface area contributed by atoms with Crippen LogP contribution >= 0.6 is 0 Å². The molecule has 1 N–H and O–H groups in total. The van der Waals surface area contributed by atoms with Gasteiger partial charge in [0.2, 0.25) is 0 Å². The monoisotopic (exact) mass is 255 g/mol. The lowest BCUT2D eigenvalue weighted by atomic mass is 9.90. The Morgan fingerprint density at radius 3 is 2.33 bits per heavy atom. The second-order valence-electron chi connectivity index (χ2n) is 6.21. The maximum absolute atomic E-state index is 12.2. The zero-order valence-corrected chi connectivity index (χ0v) is 11.2. The van der Waals surface area contributed by atoms with Crippen molar-refractivity contribution in [3.05, 3.63) is 0 Å². The normalized spacial score (nSPS) is 31.3. The zero-order chi connectivity index (χ0) is 13.5. The predicted molar refractivity (Wildman–Crippen MR) is 65.2 cm³/mol. The van der Waals surface area contributed by atoms with Crippen LogP contribution in [0.2, 0.25) is 0 Å². The molecule has 5 nitrogen and oxygen atoms in total. The molecule has 2 heterocycles. The molecule has 2 aliphatic rings. The van der Waals surface area contributed by atoms with Gasteiger partial charge < -0.3 is 14.7 Å². The zero-order valence-electron chi connectivity index (χ0n) is 11.2. The quantitative estimate of drug-likeness (QED) is 0.780. The van der Waals surface area contributed by atoms with Crippen LogP contribution in [0, 0.1) is 5.92 Å². The van der Waals surface area contributed by atoms with Crippen molar-refractivity contribution in [2.75, 3.05) is 0 Å². The molecule has 2 fully saturated rings. The third-order valence-electron chi connectivity index (χ3n) is 3.74. The van der Waals surface area contributed by atoms with Gasteiger partial charge in [-0.3, -0.25) is 4.79 Å². The van der Waals surface area contributed by atoms with Crippen LogP contribution < -0.4 is 0 Å². The van der Waals surface area contributed by atoms with Crippen LogP contribution in [0.4, 0.5) is 4.79 Å². The minimum atomic E-state index is -0.797. The van der Waals surface area contributed by atoms with E-state index in [0.29, 0.717) is 6.42 Å². The van der Waals surface area contributed by atoms with Crippen LogP contribution in [-0.4, -0.2) is 39.8 Å². The summed E-state index contributed by atoms with van der Waals surface area (Å²) >= 11 is 0. The Morgan fingerprint density at radius 1 is 1.17 bits per heavy atom. The van der Waals surface area contributed by atoms with Gasteiger partial charge in [0.05, 0.1) is 5.92 Å². The molecular formula is C13H21NO4. The molecule has 3 atom stereocenters. The number of carboxylic acid groups (broad SMARTS) is 1. The van der Waals surface area contributed by atoms with Crippen molar-refractivity contribution in [2.24, 2.45) is 5.92 Å². The van der Waals surface area contributed by atoms with Gasteiger partial charge in [-0.15, -0.1) is 0 Å². The van der Waals surface area contributed by atoms with Gasteiger partial charge in [-0.1, -0.05) is 0 Å². The van der Waals surface area contributed by atoms with Crippen molar-refractivity contribution in [3.8, 4) is 0 Å². The predicted octanol–water partition coefficient (Wildman–Crippen LogP) is 2.25. The van der Waals surface area contributed by atoms with E-state index in [0.717, 1.165) is 19.3 Å². The van der Waals surface area contributed by atoms with Gasteiger partial charge in [-0.05, 0) is 46.5 Å². The number of carboxylic acids is 1. The molecule has 2 bridgehead atoms.